The minimum Gasteiger partial charge on any atom is -0.326 e. The van der Waals surface area contributed by atoms with Gasteiger partial charge in [-0.2, -0.15) is 0 Å². The summed E-state index contributed by atoms with van der Waals surface area (Å²) in [5.74, 6) is -0.102. The molecule has 0 spiro atoms. The molecule has 18 heavy (non-hydrogen) atoms. The van der Waals surface area contributed by atoms with E-state index in [4.69, 9.17) is 5.73 Å². The van der Waals surface area contributed by atoms with Gasteiger partial charge in [-0.3, -0.25) is 4.90 Å². The zero-order valence-electron chi connectivity index (χ0n) is 11.2. The van der Waals surface area contributed by atoms with Gasteiger partial charge in [0.25, 0.3) is 0 Å². The molecule has 1 aliphatic rings. The molecule has 2 N–H and O–H groups in total. The number of nitrogens with zero attached hydrogens (tertiary/aromatic N) is 1. The minimum absolute atomic E-state index is 0.102. The second-order valence-electron chi connectivity index (χ2n) is 5.19. The molecule has 0 radical (unpaired) electrons. The number of rotatable bonds is 7. The Morgan fingerprint density at radius 3 is 2.78 bits per heavy atom. The molecule has 1 aromatic carbocycles. The summed E-state index contributed by atoms with van der Waals surface area (Å²) in [4.78, 5) is 2.42. The third kappa shape index (κ3) is 3.53. The van der Waals surface area contributed by atoms with Gasteiger partial charge in [-0.15, -0.1) is 0 Å². The third-order valence-electron chi connectivity index (χ3n) is 3.58. The van der Waals surface area contributed by atoms with E-state index in [9.17, 15) is 4.39 Å². The summed E-state index contributed by atoms with van der Waals surface area (Å²) in [7, 11) is 0. The second-order valence-corrected chi connectivity index (χ2v) is 5.19. The Hall–Kier alpha value is -0.930. The Morgan fingerprint density at radius 2 is 2.17 bits per heavy atom. The first-order chi connectivity index (χ1) is 8.74. The number of hydrogen-bond donors (Lipinski definition) is 1. The number of hydrogen-bond acceptors (Lipinski definition) is 2. The van der Waals surface area contributed by atoms with E-state index in [1.807, 2.05) is 6.07 Å². The van der Waals surface area contributed by atoms with Crippen molar-refractivity contribution < 1.29 is 4.39 Å². The van der Waals surface area contributed by atoms with Crippen LogP contribution in [-0.4, -0.2) is 17.5 Å². The highest BCUT2D eigenvalue weighted by Gasteiger charge is 2.28. The van der Waals surface area contributed by atoms with E-state index >= 15 is 0 Å². The molecule has 2 rings (SSSR count). The number of benzene rings is 1. The first-order valence-electron chi connectivity index (χ1n) is 6.96. The molecule has 3 heteroatoms. The lowest BCUT2D eigenvalue weighted by Crippen LogP contribution is -2.27. The molecular formula is C15H23FN2. The quantitative estimate of drug-likeness (QED) is 0.806. The van der Waals surface area contributed by atoms with E-state index in [-0.39, 0.29) is 5.82 Å². The Bertz CT molecular complexity index is 388. The summed E-state index contributed by atoms with van der Waals surface area (Å²) in [6.07, 6.45) is 4.91. The molecule has 2 nitrogen and oxygen atoms in total. The fraction of sp³-hybridized carbons (Fsp3) is 0.600. The van der Waals surface area contributed by atoms with Gasteiger partial charge in [0, 0.05) is 24.7 Å². The lowest BCUT2D eigenvalue weighted by Gasteiger charge is -2.22. The van der Waals surface area contributed by atoms with Crippen LogP contribution in [0.4, 0.5) is 4.39 Å². The second kappa shape index (κ2) is 6.30. The van der Waals surface area contributed by atoms with Crippen LogP contribution in [0, 0.1) is 5.82 Å². The van der Waals surface area contributed by atoms with Gasteiger partial charge in [-0.1, -0.05) is 25.5 Å². The molecule has 1 aromatic rings. The molecule has 0 aromatic heterocycles. The molecule has 0 amide bonds. The largest absolute Gasteiger partial charge is 0.326 e. The summed E-state index contributed by atoms with van der Waals surface area (Å²) in [6, 6.07) is 5.91. The standard InChI is InChI=1S/C15H23FN2/c1-2-3-8-18(14-5-6-14)11-13-9-12(10-17)4-7-15(13)16/h4,7,9,14H,2-3,5-6,8,10-11,17H2,1H3. The van der Waals surface area contributed by atoms with Crippen molar-refractivity contribution >= 4 is 0 Å². The molecule has 1 fully saturated rings. The maximum Gasteiger partial charge on any atom is 0.127 e. The highest BCUT2D eigenvalue weighted by molar-refractivity contribution is 5.25. The summed E-state index contributed by atoms with van der Waals surface area (Å²) < 4.78 is 13.8. The monoisotopic (exact) mass is 250 g/mol. The van der Waals surface area contributed by atoms with E-state index in [1.54, 1.807) is 12.1 Å². The van der Waals surface area contributed by atoms with Crippen molar-refractivity contribution in [3.63, 3.8) is 0 Å². The zero-order valence-corrected chi connectivity index (χ0v) is 11.2. The van der Waals surface area contributed by atoms with E-state index in [1.165, 1.54) is 25.7 Å². The Balaban J connectivity index is 2.05. The maximum absolute atomic E-state index is 13.8. The molecule has 0 bridgehead atoms. The lowest BCUT2D eigenvalue weighted by molar-refractivity contribution is 0.247. The van der Waals surface area contributed by atoms with Crippen molar-refractivity contribution in [3.05, 3.63) is 35.1 Å². The van der Waals surface area contributed by atoms with Gasteiger partial charge in [-0.05, 0) is 37.4 Å². The third-order valence-corrected chi connectivity index (χ3v) is 3.58. The molecule has 0 atom stereocenters. The maximum atomic E-state index is 13.8. The van der Waals surface area contributed by atoms with Gasteiger partial charge in [0.1, 0.15) is 5.82 Å². The lowest BCUT2D eigenvalue weighted by atomic mass is 10.1. The predicted octanol–water partition coefficient (Wildman–Crippen LogP) is 3.05. The van der Waals surface area contributed by atoms with Crippen LogP contribution in [0.3, 0.4) is 0 Å². The van der Waals surface area contributed by atoms with E-state index in [0.717, 1.165) is 24.2 Å². The average Bonchev–Trinajstić information content (AvgIpc) is 3.21. The van der Waals surface area contributed by atoms with Gasteiger partial charge in [0.05, 0.1) is 0 Å². The van der Waals surface area contributed by atoms with Crippen molar-refractivity contribution in [2.45, 2.75) is 51.7 Å². The van der Waals surface area contributed by atoms with E-state index in [0.29, 0.717) is 12.6 Å². The first kappa shape index (κ1) is 13.5. The van der Waals surface area contributed by atoms with Gasteiger partial charge in [0.2, 0.25) is 0 Å². The molecule has 0 aliphatic heterocycles. The fourth-order valence-electron chi connectivity index (χ4n) is 2.29. The van der Waals surface area contributed by atoms with Crippen LogP contribution in [-0.2, 0) is 13.1 Å². The van der Waals surface area contributed by atoms with Gasteiger partial charge in [-0.25, -0.2) is 4.39 Å². The van der Waals surface area contributed by atoms with Crippen LogP contribution >= 0.6 is 0 Å². The molecule has 0 unspecified atom stereocenters. The van der Waals surface area contributed by atoms with Crippen molar-refractivity contribution in [2.24, 2.45) is 5.73 Å². The Morgan fingerprint density at radius 1 is 1.39 bits per heavy atom. The van der Waals surface area contributed by atoms with Crippen LogP contribution in [0.5, 0.6) is 0 Å². The van der Waals surface area contributed by atoms with Crippen LogP contribution in [0.2, 0.25) is 0 Å². The van der Waals surface area contributed by atoms with Gasteiger partial charge in [0.15, 0.2) is 0 Å². The molecule has 1 aliphatic carbocycles. The summed E-state index contributed by atoms with van der Waals surface area (Å²) in [5.41, 5.74) is 7.42. The normalized spacial score (nSPS) is 15.3. The van der Waals surface area contributed by atoms with Crippen LogP contribution in [0.25, 0.3) is 0 Å². The smallest absolute Gasteiger partial charge is 0.127 e. The average molecular weight is 250 g/mol. The Labute approximate surface area is 109 Å². The van der Waals surface area contributed by atoms with E-state index in [2.05, 4.69) is 11.8 Å². The summed E-state index contributed by atoms with van der Waals surface area (Å²) >= 11 is 0. The highest BCUT2D eigenvalue weighted by Crippen LogP contribution is 2.29. The van der Waals surface area contributed by atoms with Gasteiger partial charge < -0.3 is 5.73 Å². The predicted molar refractivity (Wildman–Crippen MR) is 72.6 cm³/mol. The van der Waals surface area contributed by atoms with Gasteiger partial charge >= 0.3 is 0 Å². The SMILES string of the molecule is CCCCN(Cc1cc(CN)ccc1F)C1CC1. The molecule has 100 valence electrons. The fourth-order valence-corrected chi connectivity index (χ4v) is 2.29. The van der Waals surface area contributed by atoms with Crippen LogP contribution < -0.4 is 5.73 Å². The summed E-state index contributed by atoms with van der Waals surface area (Å²) in [6.45, 7) is 4.48. The zero-order chi connectivity index (χ0) is 13.0. The highest BCUT2D eigenvalue weighted by atomic mass is 19.1. The molecule has 0 heterocycles. The van der Waals surface area contributed by atoms with Crippen LogP contribution in [0.15, 0.2) is 18.2 Å². The van der Waals surface area contributed by atoms with Crippen molar-refractivity contribution in [2.75, 3.05) is 6.54 Å². The summed E-state index contributed by atoms with van der Waals surface area (Å²) in [5, 5.41) is 0. The van der Waals surface area contributed by atoms with Crippen molar-refractivity contribution in [1.29, 1.82) is 0 Å². The molecule has 1 saturated carbocycles. The van der Waals surface area contributed by atoms with Crippen molar-refractivity contribution in [3.8, 4) is 0 Å². The Kier molecular flexibility index (Phi) is 4.72. The molecular weight excluding hydrogens is 227 g/mol. The number of nitrogens with two attached hydrogens (primary N) is 1. The topological polar surface area (TPSA) is 29.3 Å². The first-order valence-corrected chi connectivity index (χ1v) is 6.96. The number of halogens is 1. The number of unbranched alkanes of at least 4 members (excludes halogenated alkanes) is 1. The molecule has 0 saturated heterocycles. The van der Waals surface area contributed by atoms with Crippen molar-refractivity contribution in [1.82, 2.24) is 4.90 Å². The van der Waals surface area contributed by atoms with Crippen LogP contribution in [0.1, 0.15) is 43.7 Å². The minimum atomic E-state index is -0.102. The van der Waals surface area contributed by atoms with E-state index < -0.39 is 0 Å².